The van der Waals surface area contributed by atoms with E-state index in [1.807, 2.05) is 0 Å². The summed E-state index contributed by atoms with van der Waals surface area (Å²) < 4.78 is 67.1. The van der Waals surface area contributed by atoms with Gasteiger partial charge < -0.3 is 10.5 Å². The molecule has 0 amide bonds. The Morgan fingerprint density at radius 2 is 1.80 bits per heavy atom. The Balaban J connectivity index is 2.17. The van der Waals surface area contributed by atoms with Crippen LogP contribution in [0, 0.1) is 0 Å². The molecule has 0 aliphatic rings. The van der Waals surface area contributed by atoms with Crippen LogP contribution in [0.4, 0.5) is 27.8 Å². The van der Waals surface area contributed by atoms with Crippen LogP contribution in [0.2, 0.25) is 0 Å². The van der Waals surface area contributed by atoms with Gasteiger partial charge in [0.1, 0.15) is 11.6 Å². The van der Waals surface area contributed by atoms with E-state index >= 15 is 0 Å². The van der Waals surface area contributed by atoms with Crippen molar-refractivity contribution in [1.29, 1.82) is 0 Å². The lowest BCUT2D eigenvalue weighted by Crippen LogP contribution is -2.17. The highest BCUT2D eigenvalue weighted by Gasteiger charge is 2.31. The number of nitrogens with two attached hydrogens (primary N) is 1. The fourth-order valence-corrected chi connectivity index (χ4v) is 2.38. The molecule has 0 spiro atoms. The number of rotatable bonds is 3. The molecule has 0 saturated carbocycles. The van der Waals surface area contributed by atoms with Crippen LogP contribution in [0.15, 0.2) is 42.6 Å². The molecule has 0 unspecified atom stereocenters. The zero-order chi connectivity index (χ0) is 18.2. The quantitative estimate of drug-likeness (QED) is 0.691. The first-order valence-electron chi connectivity index (χ1n) is 6.93. The summed E-state index contributed by atoms with van der Waals surface area (Å²) in [6, 6.07) is 7.20. The van der Waals surface area contributed by atoms with E-state index in [-0.39, 0.29) is 22.5 Å². The fourth-order valence-electron chi connectivity index (χ4n) is 2.38. The van der Waals surface area contributed by atoms with Crippen molar-refractivity contribution in [3.05, 3.63) is 48.2 Å². The maximum absolute atomic E-state index is 13.0. The second kappa shape index (κ2) is 6.15. The lowest BCUT2D eigenvalue weighted by Gasteiger charge is -2.12. The molecule has 2 aromatic heterocycles. The third-order valence-corrected chi connectivity index (χ3v) is 3.34. The van der Waals surface area contributed by atoms with Gasteiger partial charge in [0.2, 0.25) is 0 Å². The molecule has 0 aliphatic heterocycles. The minimum absolute atomic E-state index is 0.104. The highest BCUT2D eigenvalue weighted by Crippen LogP contribution is 2.33. The Morgan fingerprint density at radius 3 is 2.48 bits per heavy atom. The van der Waals surface area contributed by atoms with E-state index in [2.05, 4.69) is 14.7 Å². The molecule has 25 heavy (non-hydrogen) atoms. The molecule has 9 heteroatoms. The molecule has 1 aromatic carbocycles. The van der Waals surface area contributed by atoms with E-state index in [0.717, 1.165) is 24.3 Å². The van der Waals surface area contributed by atoms with Crippen LogP contribution in [-0.4, -0.2) is 16.3 Å². The summed E-state index contributed by atoms with van der Waals surface area (Å²) in [5.74, 6) is -0.576. The van der Waals surface area contributed by atoms with Gasteiger partial charge >= 0.3 is 6.36 Å². The third-order valence-electron chi connectivity index (χ3n) is 3.34. The number of hydrogen-bond acceptors (Lipinski definition) is 4. The van der Waals surface area contributed by atoms with Crippen LogP contribution in [0.3, 0.4) is 0 Å². The number of ether oxygens (including phenoxy) is 1. The maximum atomic E-state index is 13.0. The van der Waals surface area contributed by atoms with Crippen LogP contribution in [-0.2, 0) is 0 Å². The minimum atomic E-state index is -4.85. The van der Waals surface area contributed by atoms with Crippen molar-refractivity contribution in [2.45, 2.75) is 12.8 Å². The summed E-state index contributed by atoms with van der Waals surface area (Å²) in [7, 11) is 0. The number of nitrogens with zero attached hydrogens (tertiary/aromatic N) is 2. The van der Waals surface area contributed by atoms with Crippen LogP contribution < -0.4 is 10.5 Å². The largest absolute Gasteiger partial charge is 0.573 e. The lowest BCUT2D eigenvalue weighted by atomic mass is 10.0. The zero-order valence-electron chi connectivity index (χ0n) is 12.4. The Morgan fingerprint density at radius 1 is 1.04 bits per heavy atom. The molecule has 0 bridgehead atoms. The molecule has 0 fully saturated rings. The SMILES string of the molecule is Nc1cc(C(F)F)cc(-c2ccnc3ccc(OC(F)(F)F)cc23)n1. The smallest absolute Gasteiger partial charge is 0.406 e. The normalized spacial score (nSPS) is 11.9. The third kappa shape index (κ3) is 3.76. The van der Waals surface area contributed by atoms with Crippen LogP contribution in [0.1, 0.15) is 12.0 Å². The van der Waals surface area contributed by atoms with Crippen LogP contribution >= 0.6 is 0 Å². The number of halogens is 5. The predicted octanol–water partition coefficient (Wildman–Crippen LogP) is 4.72. The number of pyridine rings is 2. The van der Waals surface area contributed by atoms with Crippen molar-refractivity contribution >= 4 is 16.7 Å². The molecule has 2 heterocycles. The first-order valence-corrected chi connectivity index (χ1v) is 6.93. The van der Waals surface area contributed by atoms with E-state index in [1.165, 1.54) is 18.3 Å². The monoisotopic (exact) mass is 355 g/mol. The summed E-state index contributed by atoms with van der Waals surface area (Å²) in [5.41, 5.74) is 5.99. The molecule has 4 nitrogen and oxygen atoms in total. The Labute approximate surface area is 138 Å². The average Bonchev–Trinajstić information content (AvgIpc) is 2.52. The molecule has 0 aliphatic carbocycles. The number of alkyl halides is 5. The topological polar surface area (TPSA) is 61.0 Å². The lowest BCUT2D eigenvalue weighted by molar-refractivity contribution is -0.274. The van der Waals surface area contributed by atoms with Crippen molar-refractivity contribution in [3.63, 3.8) is 0 Å². The summed E-state index contributed by atoms with van der Waals surface area (Å²) in [6.45, 7) is 0. The van der Waals surface area contributed by atoms with Crippen molar-refractivity contribution in [2.75, 3.05) is 5.73 Å². The minimum Gasteiger partial charge on any atom is -0.406 e. The van der Waals surface area contributed by atoms with Crippen LogP contribution in [0.5, 0.6) is 5.75 Å². The van der Waals surface area contributed by atoms with Gasteiger partial charge in [0.25, 0.3) is 6.43 Å². The summed E-state index contributed by atoms with van der Waals surface area (Å²) in [6.07, 6.45) is -6.22. The number of nitrogen functional groups attached to an aromatic ring is 1. The molecule has 130 valence electrons. The number of benzene rings is 1. The van der Waals surface area contributed by atoms with Gasteiger partial charge in [0, 0.05) is 22.7 Å². The first-order chi connectivity index (χ1) is 11.7. The molecule has 3 rings (SSSR count). The molecular weight excluding hydrogens is 345 g/mol. The van der Waals surface area contributed by atoms with E-state index < -0.39 is 18.5 Å². The van der Waals surface area contributed by atoms with E-state index in [0.29, 0.717) is 11.1 Å². The summed E-state index contributed by atoms with van der Waals surface area (Å²) in [4.78, 5) is 8.04. The average molecular weight is 355 g/mol. The van der Waals surface area contributed by atoms with E-state index in [4.69, 9.17) is 5.73 Å². The van der Waals surface area contributed by atoms with Gasteiger partial charge in [0.05, 0.1) is 11.2 Å². The molecular formula is C16H10F5N3O. The molecule has 0 atom stereocenters. The predicted molar refractivity (Wildman–Crippen MR) is 81.0 cm³/mol. The van der Waals surface area contributed by atoms with E-state index in [1.54, 1.807) is 0 Å². The molecule has 2 N–H and O–H groups in total. The highest BCUT2D eigenvalue weighted by atomic mass is 19.4. The first kappa shape index (κ1) is 16.9. The standard InChI is InChI=1S/C16H10F5N3O/c17-15(18)8-5-13(24-14(22)6-8)10-3-4-23-12-2-1-9(7-11(10)12)25-16(19,20)21/h1-7,15H,(H2,22,24). The van der Waals surface area contributed by atoms with Gasteiger partial charge in [-0.05, 0) is 36.4 Å². The van der Waals surface area contributed by atoms with Crippen molar-refractivity contribution < 1.29 is 26.7 Å². The molecule has 0 saturated heterocycles. The maximum Gasteiger partial charge on any atom is 0.573 e. The molecule has 3 aromatic rings. The van der Waals surface area contributed by atoms with Crippen molar-refractivity contribution in [1.82, 2.24) is 9.97 Å². The van der Waals surface area contributed by atoms with Gasteiger partial charge in [-0.25, -0.2) is 13.8 Å². The number of aromatic nitrogens is 2. The van der Waals surface area contributed by atoms with Gasteiger partial charge in [-0.1, -0.05) is 0 Å². The highest BCUT2D eigenvalue weighted by molar-refractivity contribution is 5.94. The Hall–Kier alpha value is -2.97. The Bertz CT molecular complexity index is 927. The fraction of sp³-hybridized carbons (Fsp3) is 0.125. The van der Waals surface area contributed by atoms with Crippen molar-refractivity contribution in [3.8, 4) is 17.0 Å². The summed E-state index contributed by atoms with van der Waals surface area (Å²) >= 11 is 0. The number of hydrogen-bond donors (Lipinski definition) is 1. The van der Waals surface area contributed by atoms with Crippen molar-refractivity contribution in [2.24, 2.45) is 0 Å². The second-order valence-corrected chi connectivity index (χ2v) is 5.10. The Kier molecular flexibility index (Phi) is 4.15. The van der Waals surface area contributed by atoms with Gasteiger partial charge in [-0.3, -0.25) is 4.98 Å². The van der Waals surface area contributed by atoms with E-state index in [9.17, 15) is 22.0 Å². The second-order valence-electron chi connectivity index (χ2n) is 5.10. The zero-order valence-corrected chi connectivity index (χ0v) is 12.4. The molecule has 0 radical (unpaired) electrons. The van der Waals surface area contributed by atoms with Gasteiger partial charge in [0.15, 0.2) is 0 Å². The van der Waals surface area contributed by atoms with Gasteiger partial charge in [-0.15, -0.1) is 13.2 Å². The number of anilines is 1. The van der Waals surface area contributed by atoms with Crippen LogP contribution in [0.25, 0.3) is 22.2 Å². The number of fused-ring (bicyclic) bond motifs is 1. The summed E-state index contributed by atoms with van der Waals surface area (Å²) in [5, 5.41) is 0.266. The van der Waals surface area contributed by atoms with Gasteiger partial charge in [-0.2, -0.15) is 0 Å².